The molecule has 1 aliphatic carbocycles. The first kappa shape index (κ1) is 22.5. The van der Waals surface area contributed by atoms with Crippen molar-refractivity contribution in [2.24, 2.45) is 0 Å². The number of aromatic nitrogens is 1. The van der Waals surface area contributed by atoms with Crippen LogP contribution in [0, 0.1) is 0 Å². The van der Waals surface area contributed by atoms with Gasteiger partial charge in [-0.2, -0.15) is 0 Å². The summed E-state index contributed by atoms with van der Waals surface area (Å²) >= 11 is 0. The highest BCUT2D eigenvalue weighted by Gasteiger charge is 2.22. The third-order valence-electron chi connectivity index (χ3n) is 4.22. The number of nitrogens with zero attached hydrogens (tertiary/aromatic N) is 1. The van der Waals surface area contributed by atoms with Gasteiger partial charge in [0.25, 0.3) is 0 Å². The first-order valence-corrected chi connectivity index (χ1v) is 11.1. The van der Waals surface area contributed by atoms with Gasteiger partial charge in [-0.25, -0.2) is 4.21 Å². The van der Waals surface area contributed by atoms with Crippen molar-refractivity contribution in [2.45, 2.75) is 48.9 Å². The number of carbonyl (C=O) groups is 1. The van der Waals surface area contributed by atoms with E-state index < -0.39 is 10.8 Å². The maximum Gasteiger partial charge on any atom is 0.207 e. The lowest BCUT2D eigenvalue weighted by atomic mass is 10.2. The van der Waals surface area contributed by atoms with Crippen molar-refractivity contribution in [3.8, 4) is 0 Å². The normalized spacial score (nSPS) is 13.0. The minimum Gasteiger partial charge on any atom is -0.355 e. The fraction of sp³-hybridized carbons (Fsp3) is 0.250. The molecule has 1 aromatic heterocycles. The number of hydrogen-bond acceptors (Lipinski definition) is 3. The molecule has 1 unspecified atom stereocenters. The molecule has 1 saturated carbocycles. The molecule has 4 rings (SSSR count). The monoisotopic (exact) mass is 408 g/mol. The third-order valence-corrected chi connectivity index (χ3v) is 5.62. The number of amides is 1. The summed E-state index contributed by atoms with van der Waals surface area (Å²) in [5, 5.41) is 2.59. The summed E-state index contributed by atoms with van der Waals surface area (Å²) in [6, 6.07) is 20.9. The molecule has 1 heterocycles. The van der Waals surface area contributed by atoms with Crippen LogP contribution in [0.1, 0.15) is 43.7 Å². The smallest absolute Gasteiger partial charge is 0.207 e. The quantitative estimate of drug-likeness (QED) is 0.578. The molecule has 1 fully saturated rings. The van der Waals surface area contributed by atoms with E-state index in [4.69, 9.17) is 0 Å². The number of carbonyl (C=O) groups excluding carboxylic acids is 1. The summed E-state index contributed by atoms with van der Waals surface area (Å²) in [4.78, 5) is 15.8. The lowest BCUT2D eigenvalue weighted by Gasteiger charge is -2.04. The Labute approximate surface area is 175 Å². The molecule has 0 bridgehead atoms. The molecule has 3 aromatic rings. The molecule has 1 amide bonds. The van der Waals surface area contributed by atoms with Gasteiger partial charge in [0, 0.05) is 28.7 Å². The van der Waals surface area contributed by atoms with E-state index in [1.165, 1.54) is 18.4 Å². The maximum absolute atomic E-state index is 12.2. The van der Waals surface area contributed by atoms with Gasteiger partial charge in [0.1, 0.15) is 0 Å². The second-order valence-corrected chi connectivity index (χ2v) is 7.77. The number of nitrogens with one attached hydrogen (secondary N) is 1. The van der Waals surface area contributed by atoms with Crippen LogP contribution in [-0.2, 0) is 22.1 Å². The molecule has 1 atom stereocenters. The first-order chi connectivity index (χ1) is 14.3. The van der Waals surface area contributed by atoms with E-state index in [1.807, 2.05) is 86.9 Å². The van der Waals surface area contributed by atoms with E-state index in [0.717, 1.165) is 21.3 Å². The van der Waals surface area contributed by atoms with Gasteiger partial charge in [-0.3, -0.25) is 9.78 Å². The zero-order valence-electron chi connectivity index (χ0n) is 17.0. The predicted octanol–water partition coefficient (Wildman–Crippen LogP) is 5.08. The summed E-state index contributed by atoms with van der Waals surface area (Å²) in [6.45, 7) is 4.49. The van der Waals surface area contributed by atoms with Crippen LogP contribution in [0.25, 0.3) is 0 Å². The van der Waals surface area contributed by atoms with Crippen molar-refractivity contribution in [1.29, 1.82) is 0 Å². The maximum atomic E-state index is 12.2. The standard InChI is InChI=1S/C14H13NO2S.C8H9N.C2H6/c16-11-15-10-12-6-8-14(9-7-12)18(17)13-4-2-1-3-5-13;1-2-8(6-9-5-1)7-3-4-7;1-2/h1-9,11H,10H2,(H,15,16);1-2,5-7H,3-4H2;1-2H3. The number of benzene rings is 2. The molecule has 1 N–H and O–H groups in total. The Morgan fingerprint density at radius 1 is 0.966 bits per heavy atom. The van der Waals surface area contributed by atoms with Crippen molar-refractivity contribution in [3.05, 3.63) is 90.3 Å². The van der Waals surface area contributed by atoms with Crippen LogP contribution in [0.15, 0.2) is 88.9 Å². The van der Waals surface area contributed by atoms with Gasteiger partial charge in [0.2, 0.25) is 6.41 Å². The number of pyridine rings is 1. The molecule has 5 heteroatoms. The molecule has 0 aliphatic heterocycles. The fourth-order valence-electron chi connectivity index (χ4n) is 2.60. The highest BCUT2D eigenvalue weighted by molar-refractivity contribution is 7.85. The zero-order valence-corrected chi connectivity index (χ0v) is 17.8. The molecular weight excluding hydrogens is 380 g/mol. The van der Waals surface area contributed by atoms with E-state index in [0.29, 0.717) is 13.0 Å². The van der Waals surface area contributed by atoms with E-state index in [-0.39, 0.29) is 0 Å². The van der Waals surface area contributed by atoms with Crippen LogP contribution in [0.4, 0.5) is 0 Å². The molecule has 152 valence electrons. The van der Waals surface area contributed by atoms with Gasteiger partial charge in [-0.05, 0) is 60.2 Å². The SMILES string of the molecule is CC.O=CNCc1ccc(S(=O)c2ccccc2)cc1.c1cncc(C2CC2)c1. The van der Waals surface area contributed by atoms with Gasteiger partial charge in [-0.15, -0.1) is 0 Å². The Balaban J connectivity index is 0.000000226. The average molecular weight is 409 g/mol. The van der Waals surface area contributed by atoms with Crippen molar-refractivity contribution >= 4 is 17.2 Å². The molecular formula is C24H28N2O2S. The minimum absolute atomic E-state index is 0.488. The highest BCUT2D eigenvalue weighted by Crippen LogP contribution is 2.39. The molecule has 1 aliphatic rings. The largest absolute Gasteiger partial charge is 0.355 e. The first-order valence-electron chi connectivity index (χ1n) is 9.90. The topological polar surface area (TPSA) is 59.1 Å². The molecule has 2 aromatic carbocycles. The van der Waals surface area contributed by atoms with Crippen molar-refractivity contribution in [2.75, 3.05) is 0 Å². The summed E-state index contributed by atoms with van der Waals surface area (Å²) in [6.07, 6.45) is 7.19. The molecule has 4 nitrogen and oxygen atoms in total. The van der Waals surface area contributed by atoms with E-state index in [9.17, 15) is 9.00 Å². The summed E-state index contributed by atoms with van der Waals surface area (Å²) in [5.74, 6) is 0.846. The van der Waals surface area contributed by atoms with Gasteiger partial charge in [-0.1, -0.05) is 50.2 Å². The van der Waals surface area contributed by atoms with E-state index in [1.54, 1.807) is 0 Å². The second kappa shape index (κ2) is 12.6. The average Bonchev–Trinajstić information content (AvgIpc) is 3.66. The summed E-state index contributed by atoms with van der Waals surface area (Å²) in [7, 11) is -1.15. The lowest BCUT2D eigenvalue weighted by Crippen LogP contribution is -2.09. The number of rotatable bonds is 6. The van der Waals surface area contributed by atoms with Crippen LogP contribution in [0.3, 0.4) is 0 Å². The van der Waals surface area contributed by atoms with Crippen LogP contribution >= 0.6 is 0 Å². The van der Waals surface area contributed by atoms with Crippen molar-refractivity contribution in [3.63, 3.8) is 0 Å². The van der Waals surface area contributed by atoms with Crippen molar-refractivity contribution in [1.82, 2.24) is 10.3 Å². The molecule has 0 saturated heterocycles. The predicted molar refractivity (Wildman–Crippen MR) is 118 cm³/mol. The van der Waals surface area contributed by atoms with Crippen LogP contribution < -0.4 is 5.32 Å². The second-order valence-electron chi connectivity index (χ2n) is 6.29. The van der Waals surface area contributed by atoms with Gasteiger partial charge < -0.3 is 5.32 Å². The Bertz CT molecular complexity index is 864. The zero-order chi connectivity index (χ0) is 20.9. The van der Waals surface area contributed by atoms with Gasteiger partial charge >= 0.3 is 0 Å². The number of hydrogen-bond donors (Lipinski definition) is 1. The molecule has 0 spiro atoms. The molecule has 29 heavy (non-hydrogen) atoms. The van der Waals surface area contributed by atoms with Crippen LogP contribution in [0.5, 0.6) is 0 Å². The van der Waals surface area contributed by atoms with E-state index >= 15 is 0 Å². The fourth-order valence-corrected chi connectivity index (χ4v) is 3.66. The van der Waals surface area contributed by atoms with Crippen LogP contribution in [0.2, 0.25) is 0 Å². The summed E-state index contributed by atoms with van der Waals surface area (Å²) in [5.41, 5.74) is 2.40. The Hall–Kier alpha value is -2.79. The third kappa shape index (κ3) is 7.62. The molecule has 0 radical (unpaired) electrons. The Morgan fingerprint density at radius 2 is 1.62 bits per heavy atom. The van der Waals surface area contributed by atoms with Gasteiger partial charge in [0.15, 0.2) is 0 Å². The van der Waals surface area contributed by atoms with Crippen LogP contribution in [-0.4, -0.2) is 15.6 Å². The van der Waals surface area contributed by atoms with Crippen molar-refractivity contribution < 1.29 is 9.00 Å². The minimum atomic E-state index is -1.15. The Kier molecular flexibility index (Phi) is 9.80. The van der Waals surface area contributed by atoms with E-state index in [2.05, 4.69) is 16.4 Å². The van der Waals surface area contributed by atoms with Gasteiger partial charge in [0.05, 0.1) is 10.8 Å². The summed E-state index contributed by atoms with van der Waals surface area (Å²) < 4.78 is 12.2. The highest BCUT2D eigenvalue weighted by atomic mass is 32.2. The lowest BCUT2D eigenvalue weighted by molar-refractivity contribution is -0.109. The Morgan fingerprint density at radius 3 is 2.17 bits per heavy atom.